The maximum Gasteiger partial charge on any atom is 0.177 e. The molecule has 0 saturated carbocycles. The van der Waals surface area contributed by atoms with Gasteiger partial charge < -0.3 is 15.0 Å². The van der Waals surface area contributed by atoms with Crippen LogP contribution in [0, 0.1) is 6.92 Å². The van der Waals surface area contributed by atoms with Crippen LogP contribution < -0.4 is 5.32 Å². The fourth-order valence-electron chi connectivity index (χ4n) is 2.93. The molecule has 1 aliphatic rings. The molecule has 0 aromatic carbocycles. The summed E-state index contributed by atoms with van der Waals surface area (Å²) in [7, 11) is 0. The average molecular weight is 274 g/mol. The molecule has 2 atom stereocenters. The Morgan fingerprint density at radius 3 is 3.20 bits per heavy atom. The Labute approximate surface area is 119 Å². The zero-order valence-electron chi connectivity index (χ0n) is 11.9. The van der Waals surface area contributed by atoms with Crippen LogP contribution in [0.15, 0.2) is 18.5 Å². The maximum absolute atomic E-state index is 9.94. The number of imidazole rings is 1. The van der Waals surface area contributed by atoms with Gasteiger partial charge in [0.25, 0.3) is 0 Å². The summed E-state index contributed by atoms with van der Waals surface area (Å²) in [5.41, 5.74) is 2.91. The molecule has 5 heteroatoms. The molecule has 3 rings (SSSR count). The molecular formula is C15H22N4O. The van der Waals surface area contributed by atoms with Crippen molar-refractivity contribution in [2.24, 2.45) is 0 Å². The summed E-state index contributed by atoms with van der Waals surface area (Å²) in [6.45, 7) is 3.93. The highest BCUT2D eigenvalue weighted by Crippen LogP contribution is 2.15. The van der Waals surface area contributed by atoms with E-state index in [2.05, 4.69) is 25.9 Å². The quantitative estimate of drug-likeness (QED) is 0.889. The molecular weight excluding hydrogens is 252 g/mol. The van der Waals surface area contributed by atoms with E-state index in [4.69, 9.17) is 0 Å². The number of rotatable bonds is 4. The number of aliphatic hydroxyl groups is 1. The number of fused-ring (bicyclic) bond motifs is 1. The molecule has 2 aromatic rings. The van der Waals surface area contributed by atoms with Crippen molar-refractivity contribution >= 4 is 11.2 Å². The maximum atomic E-state index is 9.94. The molecule has 0 bridgehead atoms. The summed E-state index contributed by atoms with van der Waals surface area (Å²) in [6.07, 6.45) is 5.72. The lowest BCUT2D eigenvalue weighted by Gasteiger charge is -2.28. The molecule has 0 unspecified atom stereocenters. The van der Waals surface area contributed by atoms with Crippen molar-refractivity contribution in [2.45, 2.75) is 51.3 Å². The van der Waals surface area contributed by atoms with Crippen molar-refractivity contribution < 1.29 is 5.11 Å². The first-order valence-corrected chi connectivity index (χ1v) is 7.44. The first-order valence-electron chi connectivity index (χ1n) is 7.44. The first-order chi connectivity index (χ1) is 9.74. The minimum absolute atomic E-state index is 0.187. The van der Waals surface area contributed by atoms with Gasteiger partial charge in [-0.2, -0.15) is 0 Å². The van der Waals surface area contributed by atoms with E-state index in [1.54, 1.807) is 0 Å². The van der Waals surface area contributed by atoms with Crippen molar-refractivity contribution in [3.05, 3.63) is 24.2 Å². The highest BCUT2D eigenvalue weighted by Gasteiger charge is 2.21. The fraction of sp³-hybridized carbons (Fsp3) is 0.600. The van der Waals surface area contributed by atoms with Gasteiger partial charge in [-0.25, -0.2) is 9.97 Å². The van der Waals surface area contributed by atoms with E-state index in [0.29, 0.717) is 0 Å². The van der Waals surface area contributed by atoms with Gasteiger partial charge >= 0.3 is 0 Å². The van der Waals surface area contributed by atoms with Crippen molar-refractivity contribution in [2.75, 3.05) is 6.54 Å². The van der Waals surface area contributed by atoms with E-state index in [1.165, 1.54) is 0 Å². The van der Waals surface area contributed by atoms with E-state index in [9.17, 15) is 5.11 Å². The second-order valence-electron chi connectivity index (χ2n) is 5.65. The van der Waals surface area contributed by atoms with Crippen LogP contribution in [0.4, 0.5) is 0 Å². The van der Waals surface area contributed by atoms with Gasteiger partial charge in [-0.15, -0.1) is 0 Å². The minimum atomic E-state index is -0.187. The van der Waals surface area contributed by atoms with E-state index in [1.807, 2.05) is 19.3 Å². The van der Waals surface area contributed by atoms with Gasteiger partial charge in [-0.05, 0) is 51.3 Å². The molecule has 0 aliphatic carbocycles. The van der Waals surface area contributed by atoms with Gasteiger partial charge in [0, 0.05) is 18.3 Å². The number of nitrogens with zero attached hydrogens (tertiary/aromatic N) is 3. The molecule has 5 nitrogen and oxygen atoms in total. The van der Waals surface area contributed by atoms with Crippen molar-refractivity contribution in [3.63, 3.8) is 0 Å². The average Bonchev–Trinajstić information content (AvgIpc) is 2.83. The Kier molecular flexibility index (Phi) is 3.98. The summed E-state index contributed by atoms with van der Waals surface area (Å²) >= 11 is 0. The van der Waals surface area contributed by atoms with Crippen LogP contribution >= 0.6 is 0 Å². The predicted octanol–water partition coefficient (Wildman–Crippen LogP) is 1.63. The van der Waals surface area contributed by atoms with Gasteiger partial charge in [-0.3, -0.25) is 0 Å². The molecule has 3 heterocycles. The highest BCUT2D eigenvalue weighted by atomic mass is 16.3. The number of aromatic nitrogens is 3. The van der Waals surface area contributed by atoms with Crippen molar-refractivity contribution in [1.82, 2.24) is 19.9 Å². The summed E-state index contributed by atoms with van der Waals surface area (Å²) in [5.74, 6) is 0. The Hall–Kier alpha value is -1.46. The Bertz CT molecular complexity index is 580. The first kappa shape index (κ1) is 13.5. The molecule has 1 fully saturated rings. The van der Waals surface area contributed by atoms with Crippen LogP contribution in [-0.2, 0) is 6.54 Å². The Balaban J connectivity index is 1.59. The number of pyridine rings is 1. The molecule has 2 aromatic heterocycles. The number of hydrogen-bond donors (Lipinski definition) is 2. The van der Waals surface area contributed by atoms with E-state index >= 15 is 0 Å². The molecule has 0 radical (unpaired) electrons. The van der Waals surface area contributed by atoms with Gasteiger partial charge in [0.15, 0.2) is 5.65 Å². The molecule has 20 heavy (non-hydrogen) atoms. The molecule has 108 valence electrons. The van der Waals surface area contributed by atoms with E-state index in [0.717, 1.165) is 55.6 Å². The van der Waals surface area contributed by atoms with Crippen LogP contribution in [0.1, 0.15) is 31.4 Å². The van der Waals surface area contributed by atoms with Crippen LogP contribution in [0.5, 0.6) is 0 Å². The van der Waals surface area contributed by atoms with Gasteiger partial charge in [0.1, 0.15) is 0 Å². The number of aliphatic hydroxyl groups excluding tert-OH is 1. The van der Waals surface area contributed by atoms with Gasteiger partial charge in [0.05, 0.1) is 17.9 Å². The molecule has 0 amide bonds. The minimum Gasteiger partial charge on any atom is -0.392 e. The number of aryl methyl sites for hydroxylation is 2. The third-order valence-corrected chi connectivity index (χ3v) is 4.08. The van der Waals surface area contributed by atoms with Crippen molar-refractivity contribution in [1.29, 1.82) is 0 Å². The van der Waals surface area contributed by atoms with Crippen molar-refractivity contribution in [3.8, 4) is 0 Å². The molecule has 1 aliphatic heterocycles. The largest absolute Gasteiger partial charge is 0.392 e. The zero-order valence-corrected chi connectivity index (χ0v) is 11.9. The normalized spacial score (nSPS) is 23.3. The van der Waals surface area contributed by atoms with E-state index < -0.39 is 0 Å². The molecule has 0 spiro atoms. The summed E-state index contributed by atoms with van der Waals surface area (Å²) in [5, 5.41) is 13.3. The smallest absolute Gasteiger partial charge is 0.177 e. The van der Waals surface area contributed by atoms with Crippen LogP contribution in [0.2, 0.25) is 0 Å². The predicted molar refractivity (Wildman–Crippen MR) is 78.5 cm³/mol. The molecule has 2 N–H and O–H groups in total. The third kappa shape index (κ3) is 2.83. The van der Waals surface area contributed by atoms with Crippen LogP contribution in [0.25, 0.3) is 11.2 Å². The third-order valence-electron chi connectivity index (χ3n) is 4.08. The second kappa shape index (κ2) is 5.89. The van der Waals surface area contributed by atoms with E-state index in [-0.39, 0.29) is 12.1 Å². The topological polar surface area (TPSA) is 63.0 Å². The summed E-state index contributed by atoms with van der Waals surface area (Å²) in [4.78, 5) is 8.77. The van der Waals surface area contributed by atoms with Gasteiger partial charge in [0.2, 0.25) is 0 Å². The fourth-order valence-corrected chi connectivity index (χ4v) is 2.93. The molecule has 1 saturated heterocycles. The lowest BCUT2D eigenvalue weighted by atomic mass is 9.97. The SMILES string of the molecule is Cc1ccc2c(ncn2CCC[C@H]2NCCC[C@@H]2O)n1. The van der Waals surface area contributed by atoms with Crippen LogP contribution in [0.3, 0.4) is 0 Å². The second-order valence-corrected chi connectivity index (χ2v) is 5.65. The Morgan fingerprint density at radius 2 is 2.35 bits per heavy atom. The van der Waals surface area contributed by atoms with Gasteiger partial charge in [-0.1, -0.05) is 0 Å². The Morgan fingerprint density at radius 1 is 1.45 bits per heavy atom. The number of piperidine rings is 1. The number of hydrogen-bond acceptors (Lipinski definition) is 4. The number of nitrogens with one attached hydrogen (secondary N) is 1. The standard InChI is InChI=1S/C15H22N4O/c1-11-6-7-13-15(18-11)17-10-19(13)9-3-4-12-14(20)5-2-8-16-12/h6-7,10,12,14,16,20H,2-5,8-9H2,1H3/t12-,14+/m1/s1. The summed E-state index contributed by atoms with van der Waals surface area (Å²) in [6, 6.07) is 4.35. The van der Waals surface area contributed by atoms with Crippen LogP contribution in [-0.4, -0.2) is 38.3 Å². The zero-order chi connectivity index (χ0) is 13.9. The highest BCUT2D eigenvalue weighted by molar-refractivity contribution is 5.70. The monoisotopic (exact) mass is 274 g/mol. The summed E-state index contributed by atoms with van der Waals surface area (Å²) < 4.78 is 2.15. The lowest BCUT2D eigenvalue weighted by molar-refractivity contribution is 0.0909. The lowest BCUT2D eigenvalue weighted by Crippen LogP contribution is -2.44.